The van der Waals surface area contributed by atoms with Crippen LogP contribution >= 0.6 is 0 Å². The molecule has 2 atom stereocenters. The van der Waals surface area contributed by atoms with Crippen molar-refractivity contribution in [2.24, 2.45) is 11.7 Å². The van der Waals surface area contributed by atoms with E-state index in [1.165, 1.54) is 11.6 Å². The van der Waals surface area contributed by atoms with E-state index in [4.69, 9.17) is 5.73 Å². The van der Waals surface area contributed by atoms with E-state index in [2.05, 4.69) is 0 Å². The van der Waals surface area contributed by atoms with Gasteiger partial charge in [0.25, 0.3) is 0 Å². The first-order valence-corrected chi connectivity index (χ1v) is 5.30. The molecule has 15 heavy (non-hydrogen) atoms. The average molecular weight is 208 g/mol. The summed E-state index contributed by atoms with van der Waals surface area (Å²) < 4.78 is 13.1. The molecule has 2 nitrogen and oxygen atoms in total. The summed E-state index contributed by atoms with van der Waals surface area (Å²) in [6.07, 6.45) is 1.14. The Hall–Kier alpha value is -1.09. The zero-order chi connectivity index (χ0) is 11.0. The Morgan fingerprint density at radius 1 is 1.47 bits per heavy atom. The highest BCUT2D eigenvalue weighted by atomic mass is 19.1. The van der Waals surface area contributed by atoms with E-state index >= 15 is 0 Å². The van der Waals surface area contributed by atoms with Gasteiger partial charge in [-0.05, 0) is 42.5 Å². The molecule has 1 fully saturated rings. The van der Waals surface area contributed by atoms with Crippen LogP contribution in [0.3, 0.4) is 0 Å². The van der Waals surface area contributed by atoms with Crippen LogP contribution in [-0.4, -0.2) is 20.6 Å². The van der Waals surface area contributed by atoms with Crippen molar-refractivity contribution in [3.05, 3.63) is 29.6 Å². The Labute approximate surface area is 89.9 Å². The molecule has 1 aromatic rings. The second-order valence-corrected chi connectivity index (χ2v) is 4.44. The van der Waals surface area contributed by atoms with Crippen molar-refractivity contribution in [3.8, 4) is 0 Å². The van der Waals surface area contributed by atoms with Gasteiger partial charge in [0.15, 0.2) is 0 Å². The number of benzene rings is 1. The molecule has 0 spiro atoms. The van der Waals surface area contributed by atoms with Crippen molar-refractivity contribution < 1.29 is 4.39 Å². The van der Waals surface area contributed by atoms with E-state index in [9.17, 15) is 4.39 Å². The Kier molecular flexibility index (Phi) is 2.65. The van der Waals surface area contributed by atoms with E-state index in [-0.39, 0.29) is 5.82 Å². The van der Waals surface area contributed by atoms with Gasteiger partial charge < -0.3 is 10.6 Å². The first-order chi connectivity index (χ1) is 7.13. The maximum Gasteiger partial charge on any atom is 0.125 e. The zero-order valence-corrected chi connectivity index (χ0v) is 9.20. The van der Waals surface area contributed by atoms with Gasteiger partial charge in [-0.3, -0.25) is 0 Å². The number of halogens is 1. The maximum atomic E-state index is 13.1. The van der Waals surface area contributed by atoms with Crippen molar-refractivity contribution in [2.45, 2.75) is 12.3 Å². The number of nitrogens with zero attached hydrogens (tertiary/aromatic N) is 1. The Morgan fingerprint density at radius 3 is 2.73 bits per heavy atom. The summed E-state index contributed by atoms with van der Waals surface area (Å²) in [4.78, 5) is 1.96. The van der Waals surface area contributed by atoms with Crippen LogP contribution < -0.4 is 10.6 Å². The van der Waals surface area contributed by atoms with Crippen LogP contribution in [0.15, 0.2) is 18.2 Å². The van der Waals surface area contributed by atoms with Crippen LogP contribution in [0.25, 0.3) is 0 Å². The van der Waals surface area contributed by atoms with Gasteiger partial charge in [-0.15, -0.1) is 0 Å². The van der Waals surface area contributed by atoms with Gasteiger partial charge in [-0.2, -0.15) is 0 Å². The van der Waals surface area contributed by atoms with Gasteiger partial charge in [-0.1, -0.05) is 6.07 Å². The minimum atomic E-state index is -0.174. The van der Waals surface area contributed by atoms with Crippen LogP contribution in [0.1, 0.15) is 17.9 Å². The minimum absolute atomic E-state index is 0.174. The number of hydrogen-bond donors (Lipinski definition) is 1. The van der Waals surface area contributed by atoms with Crippen LogP contribution in [0.2, 0.25) is 0 Å². The lowest BCUT2D eigenvalue weighted by molar-refractivity contribution is 0.626. The van der Waals surface area contributed by atoms with Crippen molar-refractivity contribution >= 4 is 5.69 Å². The quantitative estimate of drug-likeness (QED) is 0.822. The molecule has 0 heterocycles. The molecule has 3 heteroatoms. The third kappa shape index (κ3) is 1.97. The maximum absolute atomic E-state index is 13.1. The highest BCUT2D eigenvalue weighted by Gasteiger charge is 2.38. The van der Waals surface area contributed by atoms with E-state index in [1.807, 2.05) is 25.1 Å². The molecule has 0 saturated heterocycles. The second kappa shape index (κ2) is 3.81. The molecule has 0 amide bonds. The molecule has 0 radical (unpaired) electrons. The predicted molar refractivity (Wildman–Crippen MR) is 60.6 cm³/mol. The number of hydrogen-bond acceptors (Lipinski definition) is 2. The van der Waals surface area contributed by atoms with E-state index < -0.39 is 0 Å². The molecule has 82 valence electrons. The molecule has 0 bridgehead atoms. The highest BCUT2D eigenvalue weighted by molar-refractivity contribution is 5.56. The lowest BCUT2D eigenvalue weighted by Gasteiger charge is -2.17. The number of rotatable bonds is 3. The molecular formula is C12H17FN2. The topological polar surface area (TPSA) is 29.3 Å². The van der Waals surface area contributed by atoms with E-state index in [0.717, 1.165) is 18.7 Å². The lowest BCUT2D eigenvalue weighted by atomic mass is 10.1. The molecule has 1 saturated carbocycles. The fraction of sp³-hybridized carbons (Fsp3) is 0.500. The Morgan fingerprint density at radius 2 is 2.20 bits per heavy atom. The number of nitrogens with two attached hydrogens (primary N) is 1. The first kappa shape index (κ1) is 10.4. The second-order valence-electron chi connectivity index (χ2n) is 4.44. The Balaban J connectivity index is 2.31. The van der Waals surface area contributed by atoms with Gasteiger partial charge >= 0.3 is 0 Å². The molecule has 0 aliphatic heterocycles. The SMILES string of the molecule is CN(C)c1cc(F)ccc1C1CC1CN. The van der Waals surface area contributed by atoms with Crippen LogP contribution in [0.4, 0.5) is 10.1 Å². The fourth-order valence-electron chi connectivity index (χ4n) is 2.11. The largest absolute Gasteiger partial charge is 0.377 e. The van der Waals surface area contributed by atoms with Crippen LogP contribution in [0, 0.1) is 11.7 Å². The summed E-state index contributed by atoms with van der Waals surface area (Å²) in [5, 5.41) is 0. The normalized spacial score (nSPS) is 24.0. The van der Waals surface area contributed by atoms with Gasteiger partial charge in [-0.25, -0.2) is 4.39 Å². The molecule has 1 aliphatic carbocycles. The zero-order valence-electron chi connectivity index (χ0n) is 9.20. The third-order valence-electron chi connectivity index (χ3n) is 3.10. The van der Waals surface area contributed by atoms with Gasteiger partial charge in [0.1, 0.15) is 5.82 Å². The Bertz CT molecular complexity index is 363. The summed E-state index contributed by atoms with van der Waals surface area (Å²) in [5.41, 5.74) is 7.85. The van der Waals surface area contributed by atoms with Gasteiger partial charge in [0.2, 0.25) is 0 Å². The molecular weight excluding hydrogens is 191 g/mol. The third-order valence-corrected chi connectivity index (χ3v) is 3.10. The van der Waals surface area contributed by atoms with Crippen LogP contribution in [-0.2, 0) is 0 Å². The van der Waals surface area contributed by atoms with E-state index in [1.54, 1.807) is 6.07 Å². The van der Waals surface area contributed by atoms with Crippen molar-refractivity contribution in [3.63, 3.8) is 0 Å². The van der Waals surface area contributed by atoms with Crippen LogP contribution in [0.5, 0.6) is 0 Å². The lowest BCUT2D eigenvalue weighted by Crippen LogP contribution is -2.12. The van der Waals surface area contributed by atoms with Gasteiger partial charge in [0, 0.05) is 19.8 Å². The molecule has 1 aliphatic rings. The summed E-state index contributed by atoms with van der Waals surface area (Å²) in [6, 6.07) is 5.03. The summed E-state index contributed by atoms with van der Waals surface area (Å²) in [5.74, 6) is 0.953. The molecule has 2 unspecified atom stereocenters. The minimum Gasteiger partial charge on any atom is -0.377 e. The monoisotopic (exact) mass is 208 g/mol. The first-order valence-electron chi connectivity index (χ1n) is 5.30. The molecule has 0 aromatic heterocycles. The summed E-state index contributed by atoms with van der Waals surface area (Å²) >= 11 is 0. The average Bonchev–Trinajstić information content (AvgIpc) is 2.96. The predicted octanol–water partition coefficient (Wildman–Crippen LogP) is 1.95. The molecule has 2 N–H and O–H groups in total. The molecule has 1 aromatic carbocycles. The number of anilines is 1. The van der Waals surface area contributed by atoms with Crippen molar-refractivity contribution in [2.75, 3.05) is 25.5 Å². The smallest absolute Gasteiger partial charge is 0.125 e. The summed E-state index contributed by atoms with van der Waals surface area (Å²) in [6.45, 7) is 0.731. The fourth-order valence-corrected chi connectivity index (χ4v) is 2.11. The summed E-state index contributed by atoms with van der Waals surface area (Å²) in [7, 11) is 3.89. The highest BCUT2D eigenvalue weighted by Crippen LogP contribution is 2.49. The van der Waals surface area contributed by atoms with Crippen molar-refractivity contribution in [1.82, 2.24) is 0 Å². The van der Waals surface area contributed by atoms with Crippen molar-refractivity contribution in [1.29, 1.82) is 0 Å². The van der Waals surface area contributed by atoms with Gasteiger partial charge in [0.05, 0.1) is 0 Å². The standard InChI is InChI=1S/C12H17FN2/c1-15(2)12-6-9(13)3-4-10(12)11-5-8(11)7-14/h3-4,6,8,11H,5,7,14H2,1-2H3. The van der Waals surface area contributed by atoms with E-state index in [0.29, 0.717) is 11.8 Å². The molecule has 2 rings (SSSR count).